The Labute approximate surface area is 129 Å². The second kappa shape index (κ2) is 5.72. The van der Waals surface area contributed by atoms with E-state index in [1.807, 2.05) is 48.0 Å². The summed E-state index contributed by atoms with van der Waals surface area (Å²) < 4.78 is 2.04. The molecule has 2 aromatic carbocycles. The van der Waals surface area contributed by atoms with Crippen LogP contribution in [0.3, 0.4) is 0 Å². The third kappa shape index (κ3) is 2.71. The molecule has 1 heterocycles. The van der Waals surface area contributed by atoms with Crippen LogP contribution in [0.1, 0.15) is 11.1 Å². The molecule has 0 aliphatic heterocycles. The minimum Gasteiger partial charge on any atom is -0.326 e. The number of nitrogens with two attached hydrogens (primary N) is 1. The van der Waals surface area contributed by atoms with Crippen LogP contribution in [0.25, 0.3) is 16.9 Å². The van der Waals surface area contributed by atoms with Crippen molar-refractivity contribution in [2.45, 2.75) is 13.5 Å². The summed E-state index contributed by atoms with van der Waals surface area (Å²) in [6.45, 7) is 2.52. The van der Waals surface area contributed by atoms with E-state index in [0.29, 0.717) is 6.54 Å². The normalized spacial score (nSPS) is 10.8. The van der Waals surface area contributed by atoms with Gasteiger partial charge in [-0.2, -0.15) is 0 Å². The van der Waals surface area contributed by atoms with E-state index in [-0.39, 0.29) is 0 Å². The largest absolute Gasteiger partial charge is 0.326 e. The van der Waals surface area contributed by atoms with E-state index in [4.69, 9.17) is 17.3 Å². The lowest BCUT2D eigenvalue weighted by Gasteiger charge is -2.10. The molecule has 0 saturated heterocycles. The highest BCUT2D eigenvalue weighted by molar-refractivity contribution is 6.31. The molecule has 3 nitrogen and oxygen atoms in total. The van der Waals surface area contributed by atoms with Crippen LogP contribution in [0.4, 0.5) is 0 Å². The van der Waals surface area contributed by atoms with Crippen LogP contribution >= 0.6 is 11.6 Å². The number of hydrogen-bond donors (Lipinski definition) is 1. The van der Waals surface area contributed by atoms with Gasteiger partial charge in [-0.15, -0.1) is 0 Å². The maximum absolute atomic E-state index is 6.23. The molecule has 21 heavy (non-hydrogen) atoms. The summed E-state index contributed by atoms with van der Waals surface area (Å²) in [6.07, 6.45) is 3.65. The van der Waals surface area contributed by atoms with E-state index >= 15 is 0 Å². The Balaban J connectivity index is 2.09. The maximum atomic E-state index is 6.23. The first-order valence-electron chi connectivity index (χ1n) is 6.77. The van der Waals surface area contributed by atoms with Crippen LogP contribution in [-0.4, -0.2) is 9.55 Å². The van der Waals surface area contributed by atoms with Crippen LogP contribution in [0.2, 0.25) is 5.02 Å². The monoisotopic (exact) mass is 297 g/mol. The molecule has 0 radical (unpaired) electrons. The van der Waals surface area contributed by atoms with Gasteiger partial charge < -0.3 is 5.73 Å². The van der Waals surface area contributed by atoms with Crippen LogP contribution in [-0.2, 0) is 6.54 Å². The summed E-state index contributed by atoms with van der Waals surface area (Å²) in [4.78, 5) is 4.27. The van der Waals surface area contributed by atoms with Gasteiger partial charge in [0.15, 0.2) is 0 Å². The summed E-state index contributed by atoms with van der Waals surface area (Å²) in [5.74, 6) is 0. The van der Waals surface area contributed by atoms with E-state index in [9.17, 15) is 0 Å². The van der Waals surface area contributed by atoms with Crippen molar-refractivity contribution in [2.24, 2.45) is 5.73 Å². The second-order valence-electron chi connectivity index (χ2n) is 4.99. The van der Waals surface area contributed by atoms with Gasteiger partial charge in [0.25, 0.3) is 0 Å². The molecule has 0 amide bonds. The first-order valence-corrected chi connectivity index (χ1v) is 7.15. The third-order valence-corrected chi connectivity index (χ3v) is 3.94. The smallest absolute Gasteiger partial charge is 0.0997 e. The fourth-order valence-corrected chi connectivity index (χ4v) is 2.48. The highest BCUT2D eigenvalue weighted by Crippen LogP contribution is 2.27. The average Bonchev–Trinajstić information content (AvgIpc) is 2.99. The van der Waals surface area contributed by atoms with Gasteiger partial charge in [-0.05, 0) is 36.2 Å². The Morgan fingerprint density at radius 3 is 2.81 bits per heavy atom. The van der Waals surface area contributed by atoms with Gasteiger partial charge in [0, 0.05) is 22.8 Å². The average molecular weight is 298 g/mol. The van der Waals surface area contributed by atoms with Crippen molar-refractivity contribution in [3.05, 3.63) is 71.1 Å². The lowest BCUT2D eigenvalue weighted by Crippen LogP contribution is -2.00. The lowest BCUT2D eigenvalue weighted by molar-refractivity contribution is 1.03. The second-order valence-corrected chi connectivity index (χ2v) is 5.39. The summed E-state index contributed by atoms with van der Waals surface area (Å²) >= 11 is 6.23. The Bertz CT molecular complexity index is 777. The third-order valence-electron chi connectivity index (χ3n) is 3.53. The van der Waals surface area contributed by atoms with Crippen molar-refractivity contribution in [1.82, 2.24) is 9.55 Å². The molecular formula is C17H16ClN3. The standard InChI is InChI=1S/C17H16ClN3/c1-12-5-6-14(8-16(12)18)17-10-20-11-21(17)15-4-2-3-13(7-15)9-19/h2-8,10-11H,9,19H2,1H3. The van der Waals surface area contributed by atoms with Gasteiger partial charge in [-0.25, -0.2) is 4.98 Å². The molecule has 0 fully saturated rings. The minimum absolute atomic E-state index is 0.522. The molecule has 0 saturated carbocycles. The van der Waals surface area contributed by atoms with Crippen molar-refractivity contribution in [3.63, 3.8) is 0 Å². The number of hydrogen-bond acceptors (Lipinski definition) is 2. The van der Waals surface area contributed by atoms with Gasteiger partial charge in [0.1, 0.15) is 0 Å². The molecule has 0 unspecified atom stereocenters. The maximum Gasteiger partial charge on any atom is 0.0997 e. The number of benzene rings is 2. The van der Waals surface area contributed by atoms with E-state index in [1.54, 1.807) is 6.33 Å². The molecule has 0 atom stereocenters. The molecule has 2 N–H and O–H groups in total. The van der Waals surface area contributed by atoms with Gasteiger partial charge in [-0.3, -0.25) is 4.57 Å². The van der Waals surface area contributed by atoms with Crippen LogP contribution in [0, 0.1) is 6.92 Å². The zero-order chi connectivity index (χ0) is 14.8. The SMILES string of the molecule is Cc1ccc(-c2cncn2-c2cccc(CN)c2)cc1Cl. The molecule has 106 valence electrons. The van der Waals surface area contributed by atoms with Gasteiger partial charge >= 0.3 is 0 Å². The van der Waals surface area contributed by atoms with Gasteiger partial charge in [0.2, 0.25) is 0 Å². The van der Waals surface area contributed by atoms with E-state index in [2.05, 4.69) is 17.1 Å². The highest BCUT2D eigenvalue weighted by atomic mass is 35.5. The quantitative estimate of drug-likeness (QED) is 0.795. The van der Waals surface area contributed by atoms with Crippen molar-refractivity contribution < 1.29 is 0 Å². The first kappa shape index (κ1) is 13.9. The Kier molecular flexibility index (Phi) is 3.78. The Morgan fingerprint density at radius 1 is 1.19 bits per heavy atom. The zero-order valence-electron chi connectivity index (χ0n) is 11.8. The van der Waals surface area contributed by atoms with Crippen molar-refractivity contribution in [3.8, 4) is 16.9 Å². The highest BCUT2D eigenvalue weighted by Gasteiger charge is 2.08. The predicted octanol–water partition coefficient (Wildman–Crippen LogP) is 3.96. The number of aromatic nitrogens is 2. The lowest BCUT2D eigenvalue weighted by atomic mass is 10.1. The zero-order valence-corrected chi connectivity index (χ0v) is 12.5. The fraction of sp³-hybridized carbons (Fsp3) is 0.118. The van der Waals surface area contributed by atoms with E-state index in [0.717, 1.165) is 33.1 Å². The molecular weight excluding hydrogens is 282 g/mol. The van der Waals surface area contributed by atoms with Crippen molar-refractivity contribution in [1.29, 1.82) is 0 Å². The molecule has 0 spiro atoms. The van der Waals surface area contributed by atoms with Crippen molar-refractivity contribution >= 4 is 11.6 Å². The molecule has 3 rings (SSSR count). The van der Waals surface area contributed by atoms with Crippen LogP contribution in [0.5, 0.6) is 0 Å². The number of nitrogens with zero attached hydrogens (tertiary/aromatic N) is 2. The Morgan fingerprint density at radius 2 is 2.05 bits per heavy atom. The summed E-state index contributed by atoms with van der Waals surface area (Å²) in [6, 6.07) is 14.2. The molecule has 0 aliphatic carbocycles. The van der Waals surface area contributed by atoms with Crippen LogP contribution in [0.15, 0.2) is 55.0 Å². The minimum atomic E-state index is 0.522. The molecule has 0 aliphatic rings. The number of halogens is 1. The first-order chi connectivity index (χ1) is 10.2. The van der Waals surface area contributed by atoms with Crippen LogP contribution < -0.4 is 5.73 Å². The Hall–Kier alpha value is -2.10. The topological polar surface area (TPSA) is 43.8 Å². The van der Waals surface area contributed by atoms with Gasteiger partial charge in [0.05, 0.1) is 18.2 Å². The summed E-state index contributed by atoms with van der Waals surface area (Å²) in [7, 11) is 0. The van der Waals surface area contributed by atoms with E-state index < -0.39 is 0 Å². The number of rotatable bonds is 3. The van der Waals surface area contributed by atoms with Crippen molar-refractivity contribution in [2.75, 3.05) is 0 Å². The van der Waals surface area contributed by atoms with E-state index in [1.165, 1.54) is 0 Å². The predicted molar refractivity (Wildman–Crippen MR) is 86.6 cm³/mol. The molecule has 0 bridgehead atoms. The fourth-order valence-electron chi connectivity index (χ4n) is 2.30. The number of aryl methyl sites for hydroxylation is 1. The summed E-state index contributed by atoms with van der Waals surface area (Å²) in [5, 5.41) is 0.760. The molecule has 1 aromatic heterocycles. The molecule has 3 aromatic rings. The molecule has 4 heteroatoms. The van der Waals surface area contributed by atoms with Gasteiger partial charge in [-0.1, -0.05) is 35.9 Å². The summed E-state index contributed by atoms with van der Waals surface area (Å²) in [5.41, 5.74) is 11.0. The number of imidazole rings is 1.